The first-order chi connectivity index (χ1) is 15.2. The number of rotatable bonds is 11. The van der Waals surface area contributed by atoms with E-state index in [-0.39, 0.29) is 34.6 Å². The molecule has 1 unspecified atom stereocenters. The van der Waals surface area contributed by atoms with E-state index >= 15 is 0 Å². The minimum atomic E-state index is -0.694. The quantitative estimate of drug-likeness (QED) is 0.250. The summed E-state index contributed by atoms with van der Waals surface area (Å²) < 4.78 is 0. The van der Waals surface area contributed by atoms with Crippen molar-refractivity contribution < 1.29 is 19.5 Å². The van der Waals surface area contributed by atoms with Crippen LogP contribution in [0.1, 0.15) is 51.4 Å². The summed E-state index contributed by atoms with van der Waals surface area (Å²) in [5.41, 5.74) is 0.413. The van der Waals surface area contributed by atoms with Gasteiger partial charge < -0.3 is 20.6 Å². The van der Waals surface area contributed by atoms with Gasteiger partial charge in [-0.25, -0.2) is 0 Å². The lowest BCUT2D eigenvalue weighted by molar-refractivity contribution is -0.133. The maximum Gasteiger partial charge on any atom is 0.257 e. The third-order valence-electron chi connectivity index (χ3n) is 4.19. The van der Waals surface area contributed by atoms with Crippen molar-refractivity contribution >= 4 is 34.9 Å². The van der Waals surface area contributed by atoms with Gasteiger partial charge in [0.25, 0.3) is 5.91 Å². The summed E-state index contributed by atoms with van der Waals surface area (Å²) in [5.74, 6) is -1.92. The second-order valence-electron chi connectivity index (χ2n) is 6.57. The van der Waals surface area contributed by atoms with E-state index in [4.69, 9.17) is 0 Å². The first-order valence-electron chi connectivity index (χ1n) is 10.4. The minimum absolute atomic E-state index is 0.0575. The van der Waals surface area contributed by atoms with Gasteiger partial charge in [0.05, 0.1) is 17.3 Å². The zero-order valence-corrected chi connectivity index (χ0v) is 20.8. The standard InChI is InChI=1S/C22H29N3O4S.C2H6/c1-7-16(19(8-2)30-9-3)24-18(20(27)14(4)26)13-23-17-12-10-11-15(21(17)28)22(29)25(5)6;1-2/h8-13,16,23-24,28H,3,7H2,1-2,4-6H3;1-2H3/b18-13-,19-8-;. The number of nitrogens with zero attached hydrogens (tertiary/aromatic N) is 1. The summed E-state index contributed by atoms with van der Waals surface area (Å²) in [5, 5.41) is 18.1. The van der Waals surface area contributed by atoms with Crippen LogP contribution < -0.4 is 10.6 Å². The summed E-state index contributed by atoms with van der Waals surface area (Å²) >= 11 is 1.43. The molecule has 1 rings (SSSR count). The largest absolute Gasteiger partial charge is 0.505 e. The molecule has 0 saturated carbocycles. The zero-order valence-electron chi connectivity index (χ0n) is 20.0. The molecule has 8 heteroatoms. The molecule has 1 aromatic rings. The smallest absolute Gasteiger partial charge is 0.257 e. The second-order valence-corrected chi connectivity index (χ2v) is 7.61. The van der Waals surface area contributed by atoms with Gasteiger partial charge in [0.2, 0.25) is 11.6 Å². The number of phenols is 1. The van der Waals surface area contributed by atoms with Crippen LogP contribution in [0.25, 0.3) is 0 Å². The maximum atomic E-state index is 12.4. The molecule has 176 valence electrons. The van der Waals surface area contributed by atoms with Gasteiger partial charge in [-0.2, -0.15) is 0 Å². The Kier molecular flexibility index (Phi) is 13.5. The average molecular weight is 462 g/mol. The van der Waals surface area contributed by atoms with Gasteiger partial charge in [-0.3, -0.25) is 14.4 Å². The Balaban J connectivity index is 0.00000466. The predicted molar refractivity (Wildman–Crippen MR) is 134 cm³/mol. The molecular formula is C24H35N3O4S. The number of hydrogen-bond donors (Lipinski definition) is 3. The van der Waals surface area contributed by atoms with Gasteiger partial charge >= 0.3 is 0 Å². The number of hydrogen-bond acceptors (Lipinski definition) is 7. The topological polar surface area (TPSA) is 98.7 Å². The SMILES string of the molecule is C=CS/C(=C\C)C(CC)N/C(=C\Nc1cccc(C(=O)N(C)C)c1O)C(=O)C(C)=O.CC. The molecule has 7 nitrogen and oxygen atoms in total. The van der Waals surface area contributed by atoms with Crippen LogP contribution in [0.15, 0.2) is 53.1 Å². The number of carbonyl (C=O) groups excluding carboxylic acids is 3. The van der Waals surface area contributed by atoms with E-state index in [2.05, 4.69) is 17.2 Å². The van der Waals surface area contributed by atoms with Crippen molar-refractivity contribution in [1.82, 2.24) is 10.2 Å². The number of anilines is 1. The van der Waals surface area contributed by atoms with Crippen LogP contribution in [0.5, 0.6) is 5.75 Å². The molecule has 0 spiro atoms. The van der Waals surface area contributed by atoms with Crippen molar-refractivity contribution in [2.45, 2.75) is 47.1 Å². The number of phenolic OH excluding ortho intramolecular Hbond substituents is 1. The van der Waals surface area contributed by atoms with Crippen molar-refractivity contribution in [3.63, 3.8) is 0 Å². The summed E-state index contributed by atoms with van der Waals surface area (Å²) in [6, 6.07) is 4.48. The number of thioether (sulfide) groups is 1. The Hall–Kier alpha value is -3.00. The van der Waals surface area contributed by atoms with Gasteiger partial charge in [0.1, 0.15) is 5.70 Å². The van der Waals surface area contributed by atoms with E-state index in [1.807, 2.05) is 33.8 Å². The molecule has 0 aliphatic rings. The lowest BCUT2D eigenvalue weighted by atomic mass is 10.1. The summed E-state index contributed by atoms with van der Waals surface area (Å²) in [6.07, 6.45) is 3.91. The highest BCUT2D eigenvalue weighted by Gasteiger charge is 2.21. The Morgan fingerprint density at radius 1 is 1.25 bits per heavy atom. The minimum Gasteiger partial charge on any atom is -0.505 e. The maximum absolute atomic E-state index is 12.4. The highest BCUT2D eigenvalue weighted by atomic mass is 32.2. The predicted octanol–water partition coefficient (Wildman–Crippen LogP) is 4.68. The number of allylic oxidation sites excluding steroid dienone is 2. The van der Waals surface area contributed by atoms with Gasteiger partial charge in [-0.15, -0.1) is 11.8 Å². The molecule has 0 aliphatic carbocycles. The van der Waals surface area contributed by atoms with Crippen LogP contribution in [0, 0.1) is 0 Å². The Bertz CT molecular complexity index is 876. The van der Waals surface area contributed by atoms with Gasteiger partial charge in [-0.05, 0) is 30.9 Å². The Morgan fingerprint density at radius 3 is 2.34 bits per heavy atom. The molecule has 0 saturated heterocycles. The molecule has 0 radical (unpaired) electrons. The van der Waals surface area contributed by atoms with Gasteiger partial charge in [-0.1, -0.05) is 39.5 Å². The van der Waals surface area contributed by atoms with Crippen LogP contribution in [0.3, 0.4) is 0 Å². The molecule has 1 aromatic carbocycles. The zero-order chi connectivity index (χ0) is 24.8. The third-order valence-corrected chi connectivity index (χ3v) is 5.15. The molecular weight excluding hydrogens is 426 g/mol. The molecule has 0 aliphatic heterocycles. The van der Waals surface area contributed by atoms with Crippen LogP contribution in [-0.2, 0) is 9.59 Å². The number of carbonyl (C=O) groups is 3. The normalized spacial score (nSPS) is 12.1. The lowest BCUT2D eigenvalue weighted by Crippen LogP contribution is -2.34. The number of amides is 1. The molecule has 1 amide bonds. The van der Waals surface area contributed by atoms with E-state index in [1.54, 1.807) is 31.6 Å². The second kappa shape index (κ2) is 14.9. The molecule has 32 heavy (non-hydrogen) atoms. The van der Waals surface area contributed by atoms with E-state index in [0.717, 1.165) is 4.91 Å². The number of aromatic hydroxyl groups is 1. The van der Waals surface area contributed by atoms with Crippen molar-refractivity contribution in [1.29, 1.82) is 0 Å². The highest BCUT2D eigenvalue weighted by Crippen LogP contribution is 2.28. The van der Waals surface area contributed by atoms with E-state index in [0.29, 0.717) is 6.42 Å². The third kappa shape index (κ3) is 8.26. The van der Waals surface area contributed by atoms with E-state index in [1.165, 1.54) is 35.9 Å². The molecule has 1 atom stereocenters. The van der Waals surface area contributed by atoms with Crippen molar-refractivity contribution in [3.05, 3.63) is 58.6 Å². The Morgan fingerprint density at radius 2 is 1.88 bits per heavy atom. The molecule has 0 aromatic heterocycles. The van der Waals surface area contributed by atoms with Gasteiger partial charge in [0.15, 0.2) is 5.75 Å². The van der Waals surface area contributed by atoms with Gasteiger partial charge in [0, 0.05) is 32.1 Å². The van der Waals surface area contributed by atoms with Crippen LogP contribution >= 0.6 is 11.8 Å². The molecule has 3 N–H and O–H groups in total. The molecule has 0 fully saturated rings. The van der Waals surface area contributed by atoms with Crippen molar-refractivity contribution in [2.24, 2.45) is 0 Å². The number of para-hydroxylation sites is 1. The fraction of sp³-hybridized carbons (Fsp3) is 0.375. The number of ketones is 2. The fourth-order valence-corrected chi connectivity index (χ4v) is 3.31. The van der Waals surface area contributed by atoms with E-state index in [9.17, 15) is 19.5 Å². The number of benzene rings is 1. The lowest BCUT2D eigenvalue weighted by Gasteiger charge is -2.21. The van der Waals surface area contributed by atoms with Crippen LogP contribution in [-0.4, -0.2) is 47.6 Å². The summed E-state index contributed by atoms with van der Waals surface area (Å²) in [4.78, 5) is 38.7. The first kappa shape index (κ1) is 29.0. The summed E-state index contributed by atoms with van der Waals surface area (Å²) in [6.45, 7) is 12.8. The molecule has 0 bridgehead atoms. The van der Waals surface area contributed by atoms with Crippen molar-refractivity contribution in [3.8, 4) is 5.75 Å². The van der Waals surface area contributed by atoms with Crippen LogP contribution in [0.2, 0.25) is 0 Å². The molecule has 0 heterocycles. The Labute approximate surface area is 195 Å². The fourth-order valence-electron chi connectivity index (χ4n) is 2.60. The monoisotopic (exact) mass is 461 g/mol. The van der Waals surface area contributed by atoms with E-state index < -0.39 is 11.6 Å². The number of Topliss-reactive ketones (excluding diaryl/α,β-unsaturated/α-hetero) is 2. The highest BCUT2D eigenvalue weighted by molar-refractivity contribution is 8.05. The average Bonchev–Trinajstić information content (AvgIpc) is 2.79. The van der Waals surface area contributed by atoms with Crippen LogP contribution in [0.4, 0.5) is 5.69 Å². The first-order valence-corrected chi connectivity index (χ1v) is 11.3. The summed E-state index contributed by atoms with van der Waals surface area (Å²) in [7, 11) is 3.17. The number of nitrogens with one attached hydrogen (secondary N) is 2. The van der Waals surface area contributed by atoms with Crippen molar-refractivity contribution in [2.75, 3.05) is 19.4 Å².